The molecular weight excluding hydrogens is 264 g/mol. The van der Waals surface area contributed by atoms with Crippen LogP contribution < -0.4 is 0 Å². The summed E-state index contributed by atoms with van der Waals surface area (Å²) in [7, 11) is 0. The van der Waals surface area contributed by atoms with E-state index in [0.29, 0.717) is 0 Å². The van der Waals surface area contributed by atoms with E-state index in [1.807, 2.05) is 36.4 Å². The van der Waals surface area contributed by atoms with Gasteiger partial charge in [0, 0.05) is 0 Å². The summed E-state index contributed by atoms with van der Waals surface area (Å²) in [6, 6.07) is 12.0. The van der Waals surface area contributed by atoms with Crippen molar-refractivity contribution in [1.82, 2.24) is 0 Å². The van der Waals surface area contributed by atoms with Crippen LogP contribution >= 0.6 is 12.6 Å². The molecular formula is C18H32OS. The Bertz CT molecular complexity index is 235. The second kappa shape index (κ2) is 16.6. The maximum Gasteiger partial charge on any atom is 0.0964 e. The van der Waals surface area contributed by atoms with Crippen LogP contribution in [0.3, 0.4) is 0 Å². The number of hydrogen-bond donors (Lipinski definition) is 2. The Hall–Kier alpha value is -0.470. The van der Waals surface area contributed by atoms with Gasteiger partial charge in [0.15, 0.2) is 0 Å². The lowest BCUT2D eigenvalue weighted by atomic mass is 10.1. The Morgan fingerprint density at radius 2 is 1.05 bits per heavy atom. The van der Waals surface area contributed by atoms with Gasteiger partial charge in [-0.3, -0.25) is 0 Å². The average molecular weight is 297 g/mol. The van der Waals surface area contributed by atoms with Crippen LogP contribution in [0.2, 0.25) is 0 Å². The van der Waals surface area contributed by atoms with Gasteiger partial charge in [0.25, 0.3) is 0 Å². The first-order valence-corrected chi connectivity index (χ1v) is 8.65. The second-order valence-corrected chi connectivity index (χ2v) is 5.85. The van der Waals surface area contributed by atoms with E-state index in [0.717, 1.165) is 12.8 Å². The zero-order chi connectivity index (χ0) is 14.9. The molecule has 0 saturated carbocycles. The molecule has 1 atom stereocenters. The van der Waals surface area contributed by atoms with E-state index < -0.39 is 5.44 Å². The van der Waals surface area contributed by atoms with E-state index in [4.69, 9.17) is 5.11 Å². The average Bonchev–Trinajstić information content (AvgIpc) is 2.48. The van der Waals surface area contributed by atoms with Crippen LogP contribution in [0.4, 0.5) is 0 Å². The van der Waals surface area contributed by atoms with Crippen LogP contribution in [0.25, 0.3) is 0 Å². The maximum atomic E-state index is 8.92. The first kappa shape index (κ1) is 19.5. The van der Waals surface area contributed by atoms with Gasteiger partial charge in [-0.05, 0) is 6.42 Å². The van der Waals surface area contributed by atoms with Crippen molar-refractivity contribution in [2.24, 2.45) is 0 Å². The molecule has 2 heteroatoms. The van der Waals surface area contributed by atoms with Gasteiger partial charge in [0.05, 0.1) is 5.44 Å². The molecule has 1 rings (SSSR count). The van der Waals surface area contributed by atoms with Gasteiger partial charge < -0.3 is 5.11 Å². The van der Waals surface area contributed by atoms with Gasteiger partial charge in [0.1, 0.15) is 0 Å². The summed E-state index contributed by atoms with van der Waals surface area (Å²) in [5.74, 6) is 0. The number of aliphatic hydroxyl groups is 1. The van der Waals surface area contributed by atoms with Crippen molar-refractivity contribution in [3.63, 3.8) is 0 Å². The van der Waals surface area contributed by atoms with E-state index in [1.54, 1.807) is 0 Å². The van der Waals surface area contributed by atoms with E-state index >= 15 is 0 Å². The SMILES string of the molecule is CCCCCCCCCCCC(O)S.c1ccccc1. The molecule has 0 radical (unpaired) electrons. The van der Waals surface area contributed by atoms with Gasteiger partial charge in [-0.25, -0.2) is 0 Å². The summed E-state index contributed by atoms with van der Waals surface area (Å²) in [5, 5.41) is 8.92. The minimum absolute atomic E-state index is 0.403. The molecule has 0 heterocycles. The zero-order valence-corrected chi connectivity index (χ0v) is 13.9. The molecule has 0 amide bonds. The molecule has 1 N–H and O–H groups in total. The Labute approximate surface area is 131 Å². The molecule has 0 aromatic heterocycles. The van der Waals surface area contributed by atoms with Crippen molar-refractivity contribution in [2.75, 3.05) is 0 Å². The monoisotopic (exact) mass is 296 g/mol. The van der Waals surface area contributed by atoms with Crippen LogP contribution in [-0.4, -0.2) is 10.5 Å². The molecule has 0 aliphatic carbocycles. The number of thiol groups is 1. The van der Waals surface area contributed by atoms with E-state index in [9.17, 15) is 0 Å². The van der Waals surface area contributed by atoms with Gasteiger partial charge in [-0.1, -0.05) is 101 Å². The summed E-state index contributed by atoms with van der Waals surface area (Å²) < 4.78 is 0. The molecule has 0 bridgehead atoms. The third-order valence-electron chi connectivity index (χ3n) is 3.23. The molecule has 1 unspecified atom stereocenters. The van der Waals surface area contributed by atoms with Crippen LogP contribution in [0, 0.1) is 0 Å². The van der Waals surface area contributed by atoms with Crippen LogP contribution in [0.15, 0.2) is 36.4 Å². The molecule has 0 aliphatic heterocycles. The van der Waals surface area contributed by atoms with Crippen LogP contribution in [0.1, 0.15) is 71.1 Å². The Morgan fingerprint density at radius 3 is 1.40 bits per heavy atom. The maximum absolute atomic E-state index is 8.92. The Balaban J connectivity index is 0.000000493. The fraction of sp³-hybridized carbons (Fsp3) is 0.667. The van der Waals surface area contributed by atoms with Crippen molar-refractivity contribution in [3.05, 3.63) is 36.4 Å². The highest BCUT2D eigenvalue weighted by atomic mass is 32.1. The summed E-state index contributed by atoms with van der Waals surface area (Å²) >= 11 is 3.94. The number of unbranched alkanes of at least 4 members (excludes halogenated alkanes) is 8. The highest BCUT2D eigenvalue weighted by Crippen LogP contribution is 2.11. The predicted molar refractivity (Wildman–Crippen MR) is 93.3 cm³/mol. The van der Waals surface area contributed by atoms with Gasteiger partial charge in [-0.15, -0.1) is 12.6 Å². The van der Waals surface area contributed by atoms with Crippen molar-refractivity contribution < 1.29 is 5.11 Å². The number of hydrogen-bond acceptors (Lipinski definition) is 2. The summed E-state index contributed by atoms with van der Waals surface area (Å²) in [4.78, 5) is 0. The fourth-order valence-electron chi connectivity index (χ4n) is 2.02. The normalized spacial score (nSPS) is 11.6. The van der Waals surface area contributed by atoms with Crippen molar-refractivity contribution in [2.45, 2.75) is 76.6 Å². The molecule has 1 aromatic rings. The molecule has 20 heavy (non-hydrogen) atoms. The number of benzene rings is 1. The highest BCUT2D eigenvalue weighted by Gasteiger charge is 1.96. The van der Waals surface area contributed by atoms with E-state index in [-0.39, 0.29) is 0 Å². The molecule has 1 nitrogen and oxygen atoms in total. The van der Waals surface area contributed by atoms with Gasteiger partial charge in [-0.2, -0.15) is 0 Å². The van der Waals surface area contributed by atoms with Crippen molar-refractivity contribution >= 4 is 12.6 Å². The topological polar surface area (TPSA) is 20.2 Å². The van der Waals surface area contributed by atoms with Crippen LogP contribution in [-0.2, 0) is 0 Å². The summed E-state index contributed by atoms with van der Waals surface area (Å²) in [5.41, 5.74) is -0.403. The minimum atomic E-state index is -0.403. The molecule has 0 spiro atoms. The van der Waals surface area contributed by atoms with E-state index in [2.05, 4.69) is 19.6 Å². The smallest absolute Gasteiger partial charge is 0.0964 e. The molecule has 116 valence electrons. The summed E-state index contributed by atoms with van der Waals surface area (Å²) in [6.45, 7) is 2.25. The lowest BCUT2D eigenvalue weighted by molar-refractivity contribution is 0.249. The molecule has 0 saturated heterocycles. The Kier molecular flexibility index (Phi) is 16.2. The minimum Gasteiger partial charge on any atom is -0.383 e. The van der Waals surface area contributed by atoms with E-state index in [1.165, 1.54) is 51.4 Å². The summed E-state index contributed by atoms with van der Waals surface area (Å²) in [6.07, 6.45) is 12.9. The van der Waals surface area contributed by atoms with Gasteiger partial charge >= 0.3 is 0 Å². The third kappa shape index (κ3) is 17.5. The largest absolute Gasteiger partial charge is 0.383 e. The zero-order valence-electron chi connectivity index (χ0n) is 13.0. The lowest BCUT2D eigenvalue weighted by Crippen LogP contribution is -1.94. The Morgan fingerprint density at radius 1 is 0.700 bits per heavy atom. The van der Waals surface area contributed by atoms with Crippen molar-refractivity contribution in [3.8, 4) is 0 Å². The standard InChI is InChI=1S/C12H26OS.C6H6/c1-2-3-4-5-6-7-8-9-10-11-12(13)14;1-2-4-6-5-3-1/h12-14H,2-11H2,1H3;1-6H. The first-order valence-electron chi connectivity index (χ1n) is 8.13. The predicted octanol–water partition coefficient (Wildman–Crippen LogP) is 5.84. The second-order valence-electron chi connectivity index (χ2n) is 5.25. The highest BCUT2D eigenvalue weighted by molar-refractivity contribution is 7.80. The third-order valence-corrected chi connectivity index (χ3v) is 3.49. The molecule has 0 fully saturated rings. The van der Waals surface area contributed by atoms with Crippen molar-refractivity contribution in [1.29, 1.82) is 0 Å². The molecule has 0 aliphatic rings. The number of aliphatic hydroxyl groups excluding tert-OH is 1. The van der Waals surface area contributed by atoms with Crippen LogP contribution in [0.5, 0.6) is 0 Å². The number of rotatable bonds is 10. The quantitative estimate of drug-likeness (QED) is 0.315. The fourth-order valence-corrected chi connectivity index (χ4v) is 2.21. The first-order chi connectivity index (χ1) is 9.77. The lowest BCUT2D eigenvalue weighted by Gasteiger charge is -2.03. The van der Waals surface area contributed by atoms with Gasteiger partial charge in [0.2, 0.25) is 0 Å². The molecule has 1 aromatic carbocycles.